The van der Waals surface area contributed by atoms with Crippen molar-refractivity contribution < 1.29 is 0 Å². The van der Waals surface area contributed by atoms with Gasteiger partial charge >= 0.3 is 0 Å². The van der Waals surface area contributed by atoms with Gasteiger partial charge in [0.25, 0.3) is 0 Å². The van der Waals surface area contributed by atoms with Crippen LogP contribution in [0.15, 0.2) is 72.8 Å². The molecule has 1 unspecified atom stereocenters. The minimum Gasteiger partial charge on any atom is -0.0622 e. The lowest BCUT2D eigenvalue weighted by molar-refractivity contribution is 0.712. The van der Waals surface area contributed by atoms with E-state index in [2.05, 4.69) is 93.6 Å². The van der Waals surface area contributed by atoms with E-state index in [-0.39, 0.29) is 5.41 Å². The van der Waals surface area contributed by atoms with Gasteiger partial charge in [0.1, 0.15) is 0 Å². The zero-order valence-electron chi connectivity index (χ0n) is 14.0. The Kier molecular flexibility index (Phi) is 3.16. The van der Waals surface area contributed by atoms with E-state index >= 15 is 0 Å². The molecule has 4 rings (SSSR count). The zero-order chi connectivity index (χ0) is 16.0. The summed E-state index contributed by atoms with van der Waals surface area (Å²) in [6.07, 6.45) is 0. The van der Waals surface area contributed by atoms with E-state index in [1.165, 1.54) is 33.4 Å². The SMILES string of the molecule is CC(C)c1cccc2c1-c1ccccc1C2(C)c1ccccc1. The Morgan fingerprint density at radius 2 is 1.35 bits per heavy atom. The van der Waals surface area contributed by atoms with Crippen molar-refractivity contribution in [1.82, 2.24) is 0 Å². The van der Waals surface area contributed by atoms with Crippen LogP contribution in [0.3, 0.4) is 0 Å². The fourth-order valence-electron chi connectivity index (χ4n) is 4.13. The quantitative estimate of drug-likeness (QED) is 0.532. The van der Waals surface area contributed by atoms with Crippen LogP contribution in [0.1, 0.15) is 48.9 Å². The van der Waals surface area contributed by atoms with Crippen LogP contribution in [0, 0.1) is 0 Å². The second kappa shape index (κ2) is 5.09. The fraction of sp³-hybridized carbons (Fsp3) is 0.217. The molecule has 23 heavy (non-hydrogen) atoms. The Labute approximate surface area is 138 Å². The third-order valence-electron chi connectivity index (χ3n) is 5.34. The first-order valence-corrected chi connectivity index (χ1v) is 8.43. The molecule has 1 aliphatic rings. The van der Waals surface area contributed by atoms with Crippen LogP contribution in [0.4, 0.5) is 0 Å². The normalized spacial score (nSPS) is 18.8. The summed E-state index contributed by atoms with van der Waals surface area (Å²) < 4.78 is 0. The van der Waals surface area contributed by atoms with Crippen LogP contribution in [0.5, 0.6) is 0 Å². The van der Waals surface area contributed by atoms with Crippen LogP contribution < -0.4 is 0 Å². The smallest absolute Gasteiger partial charge is 0.0435 e. The largest absolute Gasteiger partial charge is 0.0622 e. The van der Waals surface area contributed by atoms with Gasteiger partial charge in [-0.3, -0.25) is 0 Å². The standard InChI is InChI=1S/C23H22/c1-16(2)18-13-9-15-21-22(18)19-12-7-8-14-20(19)23(21,3)17-10-5-4-6-11-17/h4-16H,1-3H3. The van der Waals surface area contributed by atoms with E-state index in [1.807, 2.05) is 0 Å². The Balaban J connectivity index is 2.11. The molecule has 0 fully saturated rings. The highest BCUT2D eigenvalue weighted by Gasteiger charge is 2.41. The van der Waals surface area contributed by atoms with Gasteiger partial charge in [-0.15, -0.1) is 0 Å². The molecule has 0 heteroatoms. The second-order valence-corrected chi connectivity index (χ2v) is 6.96. The van der Waals surface area contributed by atoms with Crippen molar-refractivity contribution in [1.29, 1.82) is 0 Å². The van der Waals surface area contributed by atoms with Crippen LogP contribution in [0.25, 0.3) is 11.1 Å². The second-order valence-electron chi connectivity index (χ2n) is 6.96. The van der Waals surface area contributed by atoms with E-state index in [4.69, 9.17) is 0 Å². The first kappa shape index (κ1) is 14.3. The Morgan fingerprint density at radius 1 is 0.696 bits per heavy atom. The molecular weight excluding hydrogens is 276 g/mol. The molecule has 0 nitrogen and oxygen atoms in total. The van der Waals surface area contributed by atoms with Crippen molar-refractivity contribution in [2.75, 3.05) is 0 Å². The number of rotatable bonds is 2. The Hall–Kier alpha value is -2.34. The summed E-state index contributed by atoms with van der Waals surface area (Å²) in [5, 5.41) is 0. The van der Waals surface area contributed by atoms with Crippen LogP contribution in [-0.4, -0.2) is 0 Å². The van der Waals surface area contributed by atoms with Crippen molar-refractivity contribution in [2.24, 2.45) is 0 Å². The summed E-state index contributed by atoms with van der Waals surface area (Å²) in [6, 6.07) is 26.6. The van der Waals surface area contributed by atoms with Crippen LogP contribution in [-0.2, 0) is 5.41 Å². The molecule has 1 aliphatic carbocycles. The predicted octanol–water partition coefficient (Wildman–Crippen LogP) is 6.14. The van der Waals surface area contributed by atoms with Gasteiger partial charge in [0, 0.05) is 5.41 Å². The first-order valence-electron chi connectivity index (χ1n) is 8.43. The molecule has 0 bridgehead atoms. The minimum absolute atomic E-state index is 0.0713. The maximum Gasteiger partial charge on any atom is 0.0435 e. The number of fused-ring (bicyclic) bond motifs is 3. The molecular formula is C23H22. The summed E-state index contributed by atoms with van der Waals surface area (Å²) in [5.41, 5.74) is 8.47. The molecule has 3 aromatic carbocycles. The molecule has 0 amide bonds. The number of benzene rings is 3. The minimum atomic E-state index is -0.0713. The molecule has 0 aliphatic heterocycles. The van der Waals surface area contributed by atoms with Gasteiger partial charge in [-0.1, -0.05) is 86.6 Å². The summed E-state index contributed by atoms with van der Waals surface area (Å²) in [4.78, 5) is 0. The van der Waals surface area contributed by atoms with Crippen molar-refractivity contribution >= 4 is 0 Å². The highest BCUT2D eigenvalue weighted by Crippen LogP contribution is 2.54. The number of hydrogen-bond acceptors (Lipinski definition) is 0. The average molecular weight is 298 g/mol. The summed E-state index contributed by atoms with van der Waals surface area (Å²) in [7, 11) is 0. The predicted molar refractivity (Wildman–Crippen MR) is 98.0 cm³/mol. The fourth-order valence-corrected chi connectivity index (χ4v) is 4.13. The maximum absolute atomic E-state index is 2.37. The lowest BCUT2D eigenvalue weighted by Gasteiger charge is -2.28. The summed E-state index contributed by atoms with van der Waals surface area (Å²) >= 11 is 0. The third-order valence-corrected chi connectivity index (χ3v) is 5.34. The first-order chi connectivity index (χ1) is 11.1. The molecule has 114 valence electrons. The topological polar surface area (TPSA) is 0 Å². The zero-order valence-corrected chi connectivity index (χ0v) is 14.0. The lowest BCUT2D eigenvalue weighted by atomic mass is 9.74. The van der Waals surface area contributed by atoms with Crippen LogP contribution >= 0.6 is 0 Å². The lowest BCUT2D eigenvalue weighted by Crippen LogP contribution is -2.22. The van der Waals surface area contributed by atoms with Gasteiger partial charge < -0.3 is 0 Å². The van der Waals surface area contributed by atoms with E-state index in [1.54, 1.807) is 0 Å². The van der Waals surface area contributed by atoms with Gasteiger partial charge in [0.15, 0.2) is 0 Å². The average Bonchev–Trinajstić information content (AvgIpc) is 2.87. The van der Waals surface area contributed by atoms with E-state index in [0.717, 1.165) is 0 Å². The van der Waals surface area contributed by atoms with Gasteiger partial charge in [-0.2, -0.15) is 0 Å². The van der Waals surface area contributed by atoms with E-state index in [9.17, 15) is 0 Å². The van der Waals surface area contributed by atoms with Crippen molar-refractivity contribution in [3.05, 3.63) is 95.1 Å². The van der Waals surface area contributed by atoms with Gasteiger partial charge in [-0.25, -0.2) is 0 Å². The summed E-state index contributed by atoms with van der Waals surface area (Å²) in [5.74, 6) is 0.524. The van der Waals surface area contributed by atoms with Gasteiger partial charge in [0.2, 0.25) is 0 Å². The van der Waals surface area contributed by atoms with Crippen LogP contribution in [0.2, 0.25) is 0 Å². The number of hydrogen-bond donors (Lipinski definition) is 0. The third kappa shape index (κ3) is 1.91. The van der Waals surface area contributed by atoms with Crippen molar-refractivity contribution in [3.63, 3.8) is 0 Å². The molecule has 0 saturated carbocycles. The molecule has 0 N–H and O–H groups in total. The van der Waals surface area contributed by atoms with Crippen molar-refractivity contribution in [3.8, 4) is 11.1 Å². The van der Waals surface area contributed by atoms with Gasteiger partial charge in [-0.05, 0) is 46.2 Å². The monoisotopic (exact) mass is 298 g/mol. The Bertz CT molecular complexity index is 858. The maximum atomic E-state index is 2.37. The highest BCUT2D eigenvalue weighted by molar-refractivity contribution is 5.85. The van der Waals surface area contributed by atoms with Crippen molar-refractivity contribution in [2.45, 2.75) is 32.1 Å². The molecule has 1 atom stereocenters. The highest BCUT2D eigenvalue weighted by atomic mass is 14.4. The molecule has 0 radical (unpaired) electrons. The molecule has 0 heterocycles. The molecule has 0 spiro atoms. The van der Waals surface area contributed by atoms with E-state index < -0.39 is 0 Å². The molecule has 3 aromatic rings. The Morgan fingerprint density at radius 3 is 2.09 bits per heavy atom. The summed E-state index contributed by atoms with van der Waals surface area (Å²) in [6.45, 7) is 6.95. The van der Waals surface area contributed by atoms with E-state index in [0.29, 0.717) is 5.92 Å². The van der Waals surface area contributed by atoms with Gasteiger partial charge in [0.05, 0.1) is 0 Å². The molecule has 0 saturated heterocycles. The molecule has 0 aromatic heterocycles.